The lowest BCUT2D eigenvalue weighted by atomic mass is 10.2. The number of carbonyl (C=O) groups is 1. The predicted octanol–water partition coefficient (Wildman–Crippen LogP) is 4.04. The van der Waals surface area contributed by atoms with Crippen LogP contribution in [0.2, 0.25) is 0 Å². The first-order chi connectivity index (χ1) is 9.52. The van der Waals surface area contributed by atoms with E-state index in [0.29, 0.717) is 10.2 Å². The molecular weight excluding hydrogens is 393 g/mol. The van der Waals surface area contributed by atoms with Crippen molar-refractivity contribution in [2.45, 2.75) is 0 Å². The summed E-state index contributed by atoms with van der Waals surface area (Å²) in [6.45, 7) is 0. The van der Waals surface area contributed by atoms with E-state index < -0.39 is 11.7 Å². The van der Waals surface area contributed by atoms with Crippen LogP contribution < -0.4 is 10.6 Å². The molecule has 0 aliphatic carbocycles. The van der Waals surface area contributed by atoms with Gasteiger partial charge in [0.2, 0.25) is 0 Å². The molecule has 2 N–H and O–H groups in total. The average molecular weight is 403 g/mol. The number of nitrogens with zero attached hydrogens (tertiary/aromatic N) is 1. The van der Waals surface area contributed by atoms with Gasteiger partial charge in [0.05, 0.1) is 11.3 Å². The van der Waals surface area contributed by atoms with Crippen LogP contribution >= 0.6 is 31.9 Å². The normalized spacial score (nSPS) is 10.2. The van der Waals surface area contributed by atoms with Crippen molar-refractivity contribution in [3.05, 3.63) is 50.8 Å². The molecule has 1 heterocycles. The number of anilines is 2. The number of benzene rings is 1. The highest BCUT2D eigenvalue weighted by atomic mass is 79.9. The molecule has 0 fully saturated rings. The highest BCUT2D eigenvalue weighted by Crippen LogP contribution is 2.27. The second kappa shape index (κ2) is 6.32. The fourth-order valence-corrected chi connectivity index (χ4v) is 2.28. The fraction of sp³-hybridized carbons (Fsp3) is 0.0769. The van der Waals surface area contributed by atoms with E-state index in [2.05, 4.69) is 47.5 Å². The first-order valence-corrected chi connectivity index (χ1v) is 7.20. The van der Waals surface area contributed by atoms with Crippen LogP contribution in [0.3, 0.4) is 0 Å². The third kappa shape index (κ3) is 3.16. The zero-order chi connectivity index (χ0) is 14.7. The molecule has 2 aromatic rings. The SMILES string of the molecule is CNc1nccc(C(=O)Nc2cc(Br)ccc2Br)c1F. The van der Waals surface area contributed by atoms with E-state index in [4.69, 9.17) is 0 Å². The number of aromatic nitrogens is 1. The molecule has 7 heteroatoms. The topological polar surface area (TPSA) is 54.0 Å². The predicted molar refractivity (Wildman–Crippen MR) is 83.5 cm³/mol. The Bertz CT molecular complexity index is 664. The van der Waals surface area contributed by atoms with Crippen LogP contribution in [0.15, 0.2) is 39.4 Å². The van der Waals surface area contributed by atoms with Gasteiger partial charge in [0, 0.05) is 22.2 Å². The molecule has 0 radical (unpaired) electrons. The molecule has 20 heavy (non-hydrogen) atoms. The molecule has 0 aliphatic rings. The van der Waals surface area contributed by atoms with E-state index >= 15 is 0 Å². The first kappa shape index (κ1) is 14.9. The molecule has 4 nitrogen and oxygen atoms in total. The van der Waals surface area contributed by atoms with Gasteiger partial charge in [0.15, 0.2) is 11.6 Å². The molecule has 0 aliphatic heterocycles. The third-order valence-corrected chi connectivity index (χ3v) is 3.73. The van der Waals surface area contributed by atoms with Gasteiger partial charge >= 0.3 is 0 Å². The first-order valence-electron chi connectivity index (χ1n) is 5.61. The Morgan fingerprint density at radius 2 is 2.05 bits per heavy atom. The molecule has 0 saturated carbocycles. The molecule has 2 rings (SSSR count). The lowest BCUT2D eigenvalue weighted by Crippen LogP contribution is -2.15. The van der Waals surface area contributed by atoms with E-state index in [1.54, 1.807) is 12.1 Å². The van der Waals surface area contributed by atoms with Crippen molar-refractivity contribution in [1.82, 2.24) is 4.98 Å². The maximum Gasteiger partial charge on any atom is 0.258 e. The number of hydrogen-bond acceptors (Lipinski definition) is 3. The number of halogens is 3. The summed E-state index contributed by atoms with van der Waals surface area (Å²) in [4.78, 5) is 15.9. The number of nitrogens with one attached hydrogen (secondary N) is 2. The minimum absolute atomic E-state index is 0.0333. The summed E-state index contributed by atoms with van der Waals surface area (Å²) < 4.78 is 15.5. The van der Waals surface area contributed by atoms with Crippen molar-refractivity contribution in [1.29, 1.82) is 0 Å². The quantitative estimate of drug-likeness (QED) is 0.814. The third-order valence-electron chi connectivity index (χ3n) is 2.55. The number of amides is 1. The fourth-order valence-electron chi connectivity index (χ4n) is 1.58. The van der Waals surface area contributed by atoms with Crippen molar-refractivity contribution >= 4 is 49.3 Å². The Kier molecular flexibility index (Phi) is 4.72. The summed E-state index contributed by atoms with van der Waals surface area (Å²) in [5, 5.41) is 5.24. The molecule has 0 saturated heterocycles. The van der Waals surface area contributed by atoms with Crippen LogP contribution in [-0.2, 0) is 0 Å². The zero-order valence-corrected chi connectivity index (χ0v) is 13.5. The van der Waals surface area contributed by atoms with Gasteiger partial charge in [-0.05, 0) is 40.2 Å². The number of carbonyl (C=O) groups excluding carboxylic acids is 1. The van der Waals surface area contributed by atoms with Crippen LogP contribution in [-0.4, -0.2) is 17.9 Å². The van der Waals surface area contributed by atoms with E-state index in [1.807, 2.05) is 6.07 Å². The van der Waals surface area contributed by atoms with Crippen molar-refractivity contribution < 1.29 is 9.18 Å². The van der Waals surface area contributed by atoms with Crippen molar-refractivity contribution in [3.63, 3.8) is 0 Å². The number of pyridine rings is 1. The molecule has 1 aromatic carbocycles. The molecule has 0 atom stereocenters. The molecule has 1 aromatic heterocycles. The lowest BCUT2D eigenvalue weighted by Gasteiger charge is -2.10. The van der Waals surface area contributed by atoms with Crippen LogP contribution in [0, 0.1) is 5.82 Å². The van der Waals surface area contributed by atoms with Crippen molar-refractivity contribution in [2.75, 3.05) is 17.7 Å². The van der Waals surface area contributed by atoms with Gasteiger partial charge in [-0.25, -0.2) is 9.37 Å². The van der Waals surface area contributed by atoms with E-state index in [9.17, 15) is 9.18 Å². The summed E-state index contributed by atoms with van der Waals surface area (Å²) in [5.41, 5.74) is 0.475. The second-order valence-corrected chi connectivity index (χ2v) is 5.62. The summed E-state index contributed by atoms with van der Waals surface area (Å²) in [6, 6.07) is 6.66. The maximum atomic E-state index is 14.0. The smallest absolute Gasteiger partial charge is 0.258 e. The average Bonchev–Trinajstić information content (AvgIpc) is 2.43. The van der Waals surface area contributed by atoms with Gasteiger partial charge in [0.25, 0.3) is 5.91 Å². The van der Waals surface area contributed by atoms with Crippen molar-refractivity contribution in [3.8, 4) is 0 Å². The maximum absolute atomic E-state index is 14.0. The summed E-state index contributed by atoms with van der Waals surface area (Å²) in [5.74, 6) is -1.19. The Hall–Kier alpha value is -1.47. The standard InChI is InChI=1S/C13H10Br2FN3O/c1-17-12-11(16)8(4-5-18-12)13(20)19-10-6-7(14)2-3-9(10)15/h2-6H,1H3,(H,17,18)(H,19,20). The molecule has 0 bridgehead atoms. The molecule has 0 unspecified atom stereocenters. The van der Waals surface area contributed by atoms with E-state index in [0.717, 1.165) is 4.47 Å². The van der Waals surface area contributed by atoms with Gasteiger partial charge in [-0.15, -0.1) is 0 Å². The zero-order valence-electron chi connectivity index (χ0n) is 10.4. The summed E-state index contributed by atoms with van der Waals surface area (Å²) in [7, 11) is 1.54. The Balaban J connectivity index is 2.31. The molecule has 104 valence electrons. The Morgan fingerprint density at radius 3 is 2.75 bits per heavy atom. The van der Waals surface area contributed by atoms with Gasteiger partial charge in [-0.2, -0.15) is 0 Å². The molecule has 0 spiro atoms. The van der Waals surface area contributed by atoms with E-state index in [-0.39, 0.29) is 11.4 Å². The number of hydrogen-bond donors (Lipinski definition) is 2. The van der Waals surface area contributed by atoms with Crippen LogP contribution in [0.25, 0.3) is 0 Å². The van der Waals surface area contributed by atoms with Crippen LogP contribution in [0.1, 0.15) is 10.4 Å². The van der Waals surface area contributed by atoms with Gasteiger partial charge in [-0.1, -0.05) is 15.9 Å². The summed E-state index contributed by atoms with van der Waals surface area (Å²) >= 11 is 6.64. The summed E-state index contributed by atoms with van der Waals surface area (Å²) in [6.07, 6.45) is 1.37. The minimum Gasteiger partial charge on any atom is -0.371 e. The highest BCUT2D eigenvalue weighted by Gasteiger charge is 2.16. The van der Waals surface area contributed by atoms with E-state index in [1.165, 1.54) is 19.3 Å². The molecular formula is C13H10Br2FN3O. The van der Waals surface area contributed by atoms with Gasteiger partial charge in [0.1, 0.15) is 0 Å². The Morgan fingerprint density at radius 1 is 1.30 bits per heavy atom. The second-order valence-electron chi connectivity index (χ2n) is 3.85. The monoisotopic (exact) mass is 401 g/mol. The van der Waals surface area contributed by atoms with Crippen LogP contribution in [0.4, 0.5) is 15.9 Å². The molecule has 1 amide bonds. The lowest BCUT2D eigenvalue weighted by molar-refractivity contribution is 0.102. The number of rotatable bonds is 3. The highest BCUT2D eigenvalue weighted by molar-refractivity contribution is 9.11. The van der Waals surface area contributed by atoms with Crippen LogP contribution in [0.5, 0.6) is 0 Å². The van der Waals surface area contributed by atoms with Gasteiger partial charge in [-0.3, -0.25) is 4.79 Å². The van der Waals surface area contributed by atoms with Crippen molar-refractivity contribution in [2.24, 2.45) is 0 Å². The minimum atomic E-state index is -0.682. The Labute approximate surface area is 132 Å². The van der Waals surface area contributed by atoms with Gasteiger partial charge < -0.3 is 10.6 Å². The largest absolute Gasteiger partial charge is 0.371 e.